The quantitative estimate of drug-likeness (QED) is 0.873. The van der Waals surface area contributed by atoms with Crippen LogP contribution in [0.1, 0.15) is 44.6 Å². The molecule has 0 aromatic heterocycles. The lowest BCUT2D eigenvalue weighted by Gasteiger charge is -2.39. The maximum atomic E-state index is 5.84. The van der Waals surface area contributed by atoms with Crippen LogP contribution in [0.4, 0.5) is 0 Å². The van der Waals surface area contributed by atoms with E-state index in [2.05, 4.69) is 49.9 Å². The fourth-order valence-electron chi connectivity index (χ4n) is 3.22. The molecule has 0 amide bonds. The molecule has 18 heavy (non-hydrogen) atoms. The molecule has 0 saturated carbocycles. The summed E-state index contributed by atoms with van der Waals surface area (Å²) in [6.45, 7) is 6.34. The molecule has 1 aliphatic heterocycles. The monoisotopic (exact) mass is 248 g/mol. The van der Waals surface area contributed by atoms with Gasteiger partial charge in [0.1, 0.15) is 0 Å². The van der Waals surface area contributed by atoms with Crippen LogP contribution in [0.2, 0.25) is 0 Å². The summed E-state index contributed by atoms with van der Waals surface area (Å²) in [5.74, 6) is 1.38. The Hall–Kier alpha value is -0.860. The van der Waals surface area contributed by atoms with E-state index < -0.39 is 0 Å². The van der Waals surface area contributed by atoms with E-state index in [1.807, 2.05) is 0 Å². The molecule has 1 saturated heterocycles. The number of quaternary nitrogens is 1. The van der Waals surface area contributed by atoms with Crippen LogP contribution < -0.4 is 5.73 Å². The van der Waals surface area contributed by atoms with Crippen molar-refractivity contribution < 1.29 is 10.5 Å². The van der Waals surface area contributed by atoms with Crippen LogP contribution in [0.25, 0.3) is 0 Å². The average Bonchev–Trinajstić information content (AvgIpc) is 2.36. The van der Waals surface area contributed by atoms with E-state index in [-0.39, 0.29) is 5.60 Å². The molecule has 0 aliphatic carbocycles. The molecule has 0 bridgehead atoms. The summed E-state index contributed by atoms with van der Waals surface area (Å²) in [6.07, 6.45) is 3.53. The topological polar surface area (TPSA) is 36.9 Å². The van der Waals surface area contributed by atoms with Gasteiger partial charge in [-0.2, -0.15) is 0 Å². The first-order valence-corrected chi connectivity index (χ1v) is 7.10. The van der Waals surface area contributed by atoms with E-state index in [9.17, 15) is 0 Å². The molecule has 1 aromatic rings. The lowest BCUT2D eigenvalue weighted by molar-refractivity contribution is -0.369. The van der Waals surface area contributed by atoms with Gasteiger partial charge in [0.2, 0.25) is 0 Å². The van der Waals surface area contributed by atoms with Crippen LogP contribution in [0.15, 0.2) is 30.3 Å². The number of rotatable bonds is 4. The summed E-state index contributed by atoms with van der Waals surface area (Å²) in [5, 5.41) is 0. The molecule has 0 spiro atoms. The SMILES string of the molecule is CC1(C)C[C@H]([C@@H](CC[NH3+])c2ccccc2)CCO1. The predicted octanol–water partition coefficient (Wildman–Crippen LogP) is 2.61. The van der Waals surface area contributed by atoms with Gasteiger partial charge in [0.15, 0.2) is 0 Å². The molecule has 2 atom stereocenters. The van der Waals surface area contributed by atoms with Gasteiger partial charge in [-0.15, -0.1) is 0 Å². The van der Waals surface area contributed by atoms with E-state index in [0.29, 0.717) is 5.92 Å². The lowest BCUT2D eigenvalue weighted by atomic mass is 9.75. The molecule has 2 heteroatoms. The molecule has 1 fully saturated rings. The molecule has 3 N–H and O–H groups in total. The third-order valence-corrected chi connectivity index (χ3v) is 4.05. The second-order valence-electron chi connectivity index (χ2n) is 6.02. The van der Waals surface area contributed by atoms with Crippen molar-refractivity contribution in [3.63, 3.8) is 0 Å². The number of hydrogen-bond acceptors (Lipinski definition) is 1. The molecular formula is C16H26NO+. The fourth-order valence-corrected chi connectivity index (χ4v) is 3.22. The molecular weight excluding hydrogens is 222 g/mol. The predicted molar refractivity (Wildman–Crippen MR) is 74.3 cm³/mol. The number of ether oxygens (including phenoxy) is 1. The van der Waals surface area contributed by atoms with Crippen molar-refractivity contribution >= 4 is 0 Å². The summed E-state index contributed by atoms with van der Waals surface area (Å²) in [5.41, 5.74) is 5.57. The van der Waals surface area contributed by atoms with E-state index >= 15 is 0 Å². The molecule has 0 radical (unpaired) electrons. The van der Waals surface area contributed by atoms with Gasteiger partial charge in [-0.1, -0.05) is 30.3 Å². The van der Waals surface area contributed by atoms with Gasteiger partial charge >= 0.3 is 0 Å². The van der Waals surface area contributed by atoms with Gasteiger partial charge in [-0.3, -0.25) is 0 Å². The van der Waals surface area contributed by atoms with Crippen molar-refractivity contribution in [1.82, 2.24) is 0 Å². The van der Waals surface area contributed by atoms with Crippen molar-refractivity contribution in [2.75, 3.05) is 13.2 Å². The Labute approximate surface area is 111 Å². The maximum Gasteiger partial charge on any atom is 0.0745 e. The van der Waals surface area contributed by atoms with Crippen molar-refractivity contribution in [3.05, 3.63) is 35.9 Å². The third kappa shape index (κ3) is 3.33. The molecule has 100 valence electrons. The first-order valence-electron chi connectivity index (χ1n) is 7.10. The standard InChI is InChI=1S/C16H25NO/c1-16(2)12-14(9-11-18-16)15(8-10-17)13-6-4-3-5-7-13/h3-7,14-15H,8-12,17H2,1-2H3/p+1/t14-,15+/m1/s1. The number of hydrogen-bond donors (Lipinski definition) is 1. The highest BCUT2D eigenvalue weighted by Crippen LogP contribution is 2.39. The Balaban J connectivity index is 2.15. The summed E-state index contributed by atoms with van der Waals surface area (Å²) in [4.78, 5) is 0. The highest BCUT2D eigenvalue weighted by atomic mass is 16.5. The van der Waals surface area contributed by atoms with Gasteiger partial charge in [0.25, 0.3) is 0 Å². The van der Waals surface area contributed by atoms with E-state index in [0.717, 1.165) is 25.5 Å². The minimum absolute atomic E-state index is 0.0388. The van der Waals surface area contributed by atoms with Gasteiger partial charge < -0.3 is 10.5 Å². The van der Waals surface area contributed by atoms with Gasteiger partial charge in [0, 0.05) is 13.0 Å². The van der Waals surface area contributed by atoms with Crippen LogP contribution >= 0.6 is 0 Å². The van der Waals surface area contributed by atoms with Gasteiger partial charge in [-0.05, 0) is 44.1 Å². The highest BCUT2D eigenvalue weighted by Gasteiger charge is 2.33. The van der Waals surface area contributed by atoms with Crippen LogP contribution in [0.3, 0.4) is 0 Å². The summed E-state index contributed by atoms with van der Waals surface area (Å²) < 4.78 is 5.84. The van der Waals surface area contributed by atoms with Gasteiger partial charge in [-0.25, -0.2) is 0 Å². The molecule has 2 rings (SSSR count). The normalized spacial score (nSPS) is 24.7. The molecule has 1 aromatic carbocycles. The van der Waals surface area contributed by atoms with Gasteiger partial charge in [0.05, 0.1) is 12.1 Å². The van der Waals surface area contributed by atoms with Crippen LogP contribution in [-0.4, -0.2) is 18.8 Å². The van der Waals surface area contributed by atoms with Crippen LogP contribution in [0, 0.1) is 5.92 Å². The first-order chi connectivity index (χ1) is 8.62. The minimum atomic E-state index is 0.0388. The molecule has 2 nitrogen and oxygen atoms in total. The molecule has 0 unspecified atom stereocenters. The first kappa shape index (κ1) is 13.6. The summed E-state index contributed by atoms with van der Waals surface area (Å²) in [7, 11) is 0. The van der Waals surface area contributed by atoms with Crippen molar-refractivity contribution in [1.29, 1.82) is 0 Å². The minimum Gasteiger partial charge on any atom is -0.376 e. The Morgan fingerprint density at radius 3 is 2.67 bits per heavy atom. The zero-order chi connectivity index (χ0) is 13.0. The summed E-state index contributed by atoms with van der Waals surface area (Å²) in [6, 6.07) is 10.9. The van der Waals surface area contributed by atoms with Crippen molar-refractivity contribution in [3.8, 4) is 0 Å². The second-order valence-corrected chi connectivity index (χ2v) is 6.02. The number of benzene rings is 1. The molecule has 1 aliphatic rings. The van der Waals surface area contributed by atoms with Crippen molar-refractivity contribution in [2.24, 2.45) is 5.92 Å². The Kier molecular flexibility index (Phi) is 4.41. The second kappa shape index (κ2) is 5.85. The molecule has 1 heterocycles. The van der Waals surface area contributed by atoms with E-state index in [1.165, 1.54) is 18.4 Å². The zero-order valence-corrected chi connectivity index (χ0v) is 11.7. The largest absolute Gasteiger partial charge is 0.376 e. The Bertz CT molecular complexity index is 361. The van der Waals surface area contributed by atoms with E-state index in [4.69, 9.17) is 4.74 Å². The highest BCUT2D eigenvalue weighted by molar-refractivity contribution is 5.20. The van der Waals surface area contributed by atoms with Crippen LogP contribution in [0.5, 0.6) is 0 Å². The summed E-state index contributed by atoms with van der Waals surface area (Å²) >= 11 is 0. The smallest absolute Gasteiger partial charge is 0.0745 e. The third-order valence-electron chi connectivity index (χ3n) is 4.05. The average molecular weight is 248 g/mol. The van der Waals surface area contributed by atoms with E-state index in [1.54, 1.807) is 0 Å². The zero-order valence-electron chi connectivity index (χ0n) is 11.7. The maximum absolute atomic E-state index is 5.84. The van der Waals surface area contributed by atoms with Crippen LogP contribution in [-0.2, 0) is 4.74 Å². The fraction of sp³-hybridized carbons (Fsp3) is 0.625. The van der Waals surface area contributed by atoms with Crippen molar-refractivity contribution in [2.45, 2.75) is 44.6 Å². The Morgan fingerprint density at radius 1 is 1.33 bits per heavy atom. The Morgan fingerprint density at radius 2 is 2.06 bits per heavy atom. The lowest BCUT2D eigenvalue weighted by Crippen LogP contribution is -2.51.